The molecule has 0 radical (unpaired) electrons. The molecular formula is C24H29NO5. The molecule has 2 aromatic carbocycles. The zero-order valence-electron chi connectivity index (χ0n) is 17.5. The predicted octanol–water partition coefficient (Wildman–Crippen LogP) is 4.93. The van der Waals surface area contributed by atoms with Crippen LogP contribution in [0.15, 0.2) is 48.5 Å². The molecule has 2 rings (SSSR count). The van der Waals surface area contributed by atoms with Crippen molar-refractivity contribution >= 4 is 23.6 Å². The summed E-state index contributed by atoms with van der Waals surface area (Å²) in [5.74, 6) is 0.473. The molecule has 0 aliphatic rings. The monoisotopic (exact) mass is 411 g/mol. The van der Waals surface area contributed by atoms with Crippen molar-refractivity contribution in [3.05, 3.63) is 59.7 Å². The lowest BCUT2D eigenvalue weighted by Crippen LogP contribution is -2.08. The maximum absolute atomic E-state index is 11.2. The van der Waals surface area contributed by atoms with Gasteiger partial charge in [-0.25, -0.2) is 0 Å². The minimum atomic E-state index is -0.866. The molecule has 0 aliphatic carbocycles. The smallest absolute Gasteiger partial charge is 0.303 e. The molecule has 0 unspecified atom stereocenters. The van der Waals surface area contributed by atoms with Gasteiger partial charge in [-0.3, -0.25) is 9.59 Å². The number of carbonyl (C=O) groups is 2. The molecule has 30 heavy (non-hydrogen) atoms. The van der Waals surface area contributed by atoms with Gasteiger partial charge in [-0.1, -0.05) is 24.3 Å². The first-order valence-corrected chi connectivity index (χ1v) is 10.0. The number of aliphatic carboxylic acids is 1. The van der Waals surface area contributed by atoms with Gasteiger partial charge >= 0.3 is 5.97 Å². The van der Waals surface area contributed by atoms with Crippen molar-refractivity contribution in [2.24, 2.45) is 0 Å². The first-order valence-electron chi connectivity index (χ1n) is 10.0. The van der Waals surface area contributed by atoms with Gasteiger partial charge in [-0.2, -0.15) is 0 Å². The molecule has 0 saturated heterocycles. The van der Waals surface area contributed by atoms with Crippen molar-refractivity contribution in [1.29, 1.82) is 0 Å². The van der Waals surface area contributed by atoms with Crippen molar-refractivity contribution < 1.29 is 24.2 Å². The molecule has 2 aromatic rings. The maximum atomic E-state index is 11.2. The van der Waals surface area contributed by atoms with E-state index in [1.165, 1.54) is 6.92 Å². The molecule has 1 amide bonds. The van der Waals surface area contributed by atoms with Crippen molar-refractivity contribution in [3.63, 3.8) is 0 Å². The van der Waals surface area contributed by atoms with Gasteiger partial charge in [-0.05, 0) is 67.1 Å². The highest BCUT2D eigenvalue weighted by molar-refractivity contribution is 5.88. The quantitative estimate of drug-likeness (QED) is 0.484. The van der Waals surface area contributed by atoms with Crippen LogP contribution in [0.3, 0.4) is 0 Å². The highest BCUT2D eigenvalue weighted by atomic mass is 16.5. The Kier molecular flexibility index (Phi) is 9.45. The number of unbranched alkanes of at least 4 members (excludes halogenated alkanes) is 2. The fourth-order valence-corrected chi connectivity index (χ4v) is 2.92. The third-order valence-electron chi connectivity index (χ3n) is 4.44. The molecule has 0 spiro atoms. The molecule has 160 valence electrons. The van der Waals surface area contributed by atoms with Crippen LogP contribution >= 0.6 is 0 Å². The summed E-state index contributed by atoms with van der Waals surface area (Å²) in [6.45, 7) is 1.99. The van der Waals surface area contributed by atoms with Crippen molar-refractivity contribution in [1.82, 2.24) is 0 Å². The third-order valence-corrected chi connectivity index (χ3v) is 4.44. The van der Waals surface area contributed by atoms with E-state index in [0.717, 1.165) is 36.1 Å². The summed E-state index contributed by atoms with van der Waals surface area (Å²) >= 11 is 0. The van der Waals surface area contributed by atoms with Crippen molar-refractivity contribution in [2.75, 3.05) is 19.0 Å². The van der Waals surface area contributed by atoms with Gasteiger partial charge in [0.2, 0.25) is 5.91 Å². The Bertz CT molecular complexity index is 858. The van der Waals surface area contributed by atoms with Gasteiger partial charge in [-0.15, -0.1) is 0 Å². The van der Waals surface area contributed by atoms with Gasteiger partial charge in [0.15, 0.2) is 0 Å². The van der Waals surface area contributed by atoms with Crippen LogP contribution in [-0.2, 0) is 16.0 Å². The van der Waals surface area contributed by atoms with E-state index >= 15 is 0 Å². The van der Waals surface area contributed by atoms with E-state index < -0.39 is 5.97 Å². The Hall–Kier alpha value is -3.28. The number of carbonyl (C=O) groups excluding carboxylic acids is 1. The average molecular weight is 411 g/mol. The molecule has 0 aliphatic heterocycles. The second-order valence-corrected chi connectivity index (χ2v) is 6.92. The summed E-state index contributed by atoms with van der Waals surface area (Å²) in [5.41, 5.74) is 2.55. The van der Waals surface area contributed by atoms with Gasteiger partial charge in [0.1, 0.15) is 11.5 Å². The number of amides is 1. The van der Waals surface area contributed by atoms with Crippen LogP contribution in [0.25, 0.3) is 6.08 Å². The summed E-state index contributed by atoms with van der Waals surface area (Å²) in [5, 5.41) is 11.7. The first-order chi connectivity index (χ1) is 14.5. The van der Waals surface area contributed by atoms with Crippen LogP contribution in [0.2, 0.25) is 0 Å². The van der Waals surface area contributed by atoms with E-state index in [2.05, 4.69) is 17.5 Å². The molecule has 6 nitrogen and oxygen atoms in total. The number of ether oxygens (including phenoxy) is 2. The number of carboxylic acids is 1. The van der Waals surface area contributed by atoms with Crippen LogP contribution in [0, 0.1) is 0 Å². The van der Waals surface area contributed by atoms with E-state index in [9.17, 15) is 9.59 Å². The van der Waals surface area contributed by atoms with E-state index in [0.29, 0.717) is 24.5 Å². The normalized spacial score (nSPS) is 10.7. The van der Waals surface area contributed by atoms with Crippen LogP contribution in [0.1, 0.15) is 43.7 Å². The first kappa shape index (κ1) is 23.0. The number of carboxylic acid groups (broad SMARTS) is 1. The lowest BCUT2D eigenvalue weighted by Gasteiger charge is -2.13. The minimum absolute atomic E-state index is 0.00996. The zero-order chi connectivity index (χ0) is 21.8. The van der Waals surface area contributed by atoms with Crippen LogP contribution < -0.4 is 14.8 Å². The molecule has 0 bridgehead atoms. The van der Waals surface area contributed by atoms with Crippen molar-refractivity contribution in [3.8, 4) is 11.5 Å². The summed E-state index contributed by atoms with van der Waals surface area (Å²) in [7, 11) is 1.65. The Balaban J connectivity index is 1.80. The van der Waals surface area contributed by atoms with Gasteiger partial charge in [0.25, 0.3) is 0 Å². The third kappa shape index (κ3) is 8.39. The van der Waals surface area contributed by atoms with Crippen LogP contribution in [0.5, 0.6) is 11.5 Å². The SMILES string of the molecule is COc1ccc(C=CCCCCOc2ccc(NC(C)=O)cc2CCC(=O)O)cc1. The molecule has 2 N–H and O–H groups in total. The number of rotatable bonds is 12. The number of aryl methyl sites for hydroxylation is 1. The fourth-order valence-electron chi connectivity index (χ4n) is 2.92. The minimum Gasteiger partial charge on any atom is -0.497 e. The lowest BCUT2D eigenvalue weighted by atomic mass is 10.1. The van der Waals surface area contributed by atoms with E-state index in [1.54, 1.807) is 25.3 Å². The number of nitrogens with one attached hydrogen (secondary N) is 1. The number of allylic oxidation sites excluding steroid dienone is 1. The maximum Gasteiger partial charge on any atom is 0.303 e. The summed E-state index contributed by atoms with van der Waals surface area (Å²) in [4.78, 5) is 22.2. The number of methoxy groups -OCH3 is 1. The van der Waals surface area contributed by atoms with Gasteiger partial charge in [0, 0.05) is 19.0 Å². The molecule has 6 heteroatoms. The second kappa shape index (κ2) is 12.3. The van der Waals surface area contributed by atoms with Crippen molar-refractivity contribution in [2.45, 2.75) is 39.0 Å². The molecule has 0 atom stereocenters. The molecule has 0 aromatic heterocycles. The van der Waals surface area contributed by atoms with Crippen LogP contribution in [0.4, 0.5) is 5.69 Å². The molecular weight excluding hydrogens is 382 g/mol. The summed E-state index contributed by atoms with van der Waals surface area (Å²) < 4.78 is 11.0. The Labute approximate surface area is 177 Å². The highest BCUT2D eigenvalue weighted by Gasteiger charge is 2.09. The summed E-state index contributed by atoms with van der Waals surface area (Å²) in [6, 6.07) is 13.2. The van der Waals surface area contributed by atoms with Gasteiger partial charge < -0.3 is 19.9 Å². The number of hydrogen-bond acceptors (Lipinski definition) is 4. The van der Waals surface area contributed by atoms with E-state index in [-0.39, 0.29) is 12.3 Å². The van der Waals surface area contributed by atoms with E-state index in [1.807, 2.05) is 24.3 Å². The number of hydrogen-bond donors (Lipinski definition) is 2. The predicted molar refractivity (Wildman–Crippen MR) is 118 cm³/mol. The summed E-state index contributed by atoms with van der Waals surface area (Å²) in [6.07, 6.45) is 7.41. The number of benzene rings is 2. The zero-order valence-corrected chi connectivity index (χ0v) is 17.5. The Morgan fingerprint density at radius 1 is 1.10 bits per heavy atom. The lowest BCUT2D eigenvalue weighted by molar-refractivity contribution is -0.137. The molecule has 0 heterocycles. The van der Waals surface area contributed by atoms with E-state index in [4.69, 9.17) is 14.6 Å². The highest BCUT2D eigenvalue weighted by Crippen LogP contribution is 2.25. The second-order valence-electron chi connectivity index (χ2n) is 6.92. The molecule has 0 saturated carbocycles. The largest absolute Gasteiger partial charge is 0.497 e. The Morgan fingerprint density at radius 2 is 1.87 bits per heavy atom. The Morgan fingerprint density at radius 3 is 2.53 bits per heavy atom. The standard InChI is InChI=1S/C24H29NO5/c1-18(26)25-21-11-14-23(20(17-21)10-15-24(27)28)30-16-6-4-3-5-7-19-8-12-22(29-2)13-9-19/h5,7-9,11-14,17H,3-4,6,10,15-16H2,1-2H3,(H,25,26)(H,27,28). The molecule has 0 fully saturated rings. The number of anilines is 1. The average Bonchev–Trinajstić information content (AvgIpc) is 2.72. The van der Waals surface area contributed by atoms with Gasteiger partial charge in [0.05, 0.1) is 13.7 Å². The fraction of sp³-hybridized carbons (Fsp3) is 0.333. The topological polar surface area (TPSA) is 84.9 Å². The van der Waals surface area contributed by atoms with Crippen LogP contribution in [-0.4, -0.2) is 30.7 Å².